The molecule has 0 amide bonds. The van der Waals surface area contributed by atoms with E-state index in [1.165, 1.54) is 122 Å². The summed E-state index contributed by atoms with van der Waals surface area (Å²) in [6, 6.07) is 6.11. The second-order valence-electron chi connectivity index (χ2n) is 37.2. The van der Waals surface area contributed by atoms with E-state index >= 15 is 0 Å². The van der Waals surface area contributed by atoms with E-state index in [1.54, 1.807) is 126 Å². The van der Waals surface area contributed by atoms with Gasteiger partial charge in [-0.25, -0.2) is 4.79 Å². The van der Waals surface area contributed by atoms with Crippen LogP contribution in [0.5, 0.6) is 0 Å². The van der Waals surface area contributed by atoms with Crippen LogP contribution in [0.1, 0.15) is 210 Å². The first-order valence-corrected chi connectivity index (χ1v) is 55.7. The number of carboxylic acids is 6. The summed E-state index contributed by atoms with van der Waals surface area (Å²) in [5, 5.41) is 80.0. The lowest BCUT2D eigenvalue weighted by Gasteiger charge is -2.28. The fourth-order valence-electron chi connectivity index (χ4n) is 11.9. The maximum atomic E-state index is 11.2. The normalized spacial score (nSPS) is 17.7. The zero-order chi connectivity index (χ0) is 106. The van der Waals surface area contributed by atoms with Crippen LogP contribution in [0.3, 0.4) is 0 Å². The van der Waals surface area contributed by atoms with Gasteiger partial charge in [-0.2, -0.15) is 5.26 Å². The van der Waals surface area contributed by atoms with Crippen LogP contribution in [-0.2, 0) is 109 Å². The number of alkyl halides is 1. The summed E-state index contributed by atoms with van der Waals surface area (Å²) in [5.41, 5.74) is -6.24. The van der Waals surface area contributed by atoms with Gasteiger partial charge in [-0.15, -0.1) is 32.9 Å². The molecule has 6 unspecified atom stereocenters. The zero-order valence-electron chi connectivity index (χ0n) is 87.1. The first-order valence-electron chi connectivity index (χ1n) is 49.1. The summed E-state index contributed by atoms with van der Waals surface area (Å²) in [7, 11) is -1.12. The summed E-state index contributed by atoms with van der Waals surface area (Å²) in [6.07, 6.45) is 44.9. The van der Waals surface area contributed by atoms with Crippen molar-refractivity contribution in [3.63, 3.8) is 0 Å². The molecule has 7 rings (SSSR count). The highest BCUT2D eigenvalue weighted by molar-refractivity contribution is 9.09. The number of epoxide rings is 6. The van der Waals surface area contributed by atoms with Gasteiger partial charge in [0, 0.05) is 24.9 Å². The number of hydrogen-bond acceptors (Lipinski definition) is 28. The number of rotatable bonds is 74. The van der Waals surface area contributed by atoms with Gasteiger partial charge >= 0.3 is 41.8 Å². The van der Waals surface area contributed by atoms with Crippen LogP contribution in [0, 0.1) is 32.5 Å². The molecule has 1 aromatic carbocycles. The van der Waals surface area contributed by atoms with E-state index in [0.717, 1.165) is 5.33 Å². The van der Waals surface area contributed by atoms with Crippen molar-refractivity contribution in [1.82, 2.24) is 0 Å². The second kappa shape index (κ2) is 85.0. The van der Waals surface area contributed by atoms with Gasteiger partial charge in [0.05, 0.1) is 240 Å². The molecule has 140 heavy (non-hydrogen) atoms. The van der Waals surface area contributed by atoms with Crippen LogP contribution < -0.4 is 0 Å². The number of halogens is 2. The molecular formula is C102H183BrClO34P2+. The highest BCUT2D eigenvalue weighted by Gasteiger charge is 2.42. The molecule has 38 heteroatoms. The van der Waals surface area contributed by atoms with Gasteiger partial charge in [0.2, 0.25) is 0 Å². The van der Waals surface area contributed by atoms with E-state index in [-0.39, 0.29) is 114 Å². The summed E-state index contributed by atoms with van der Waals surface area (Å²) < 4.78 is 82.5. The Hall–Kier alpha value is -4.96. The molecule has 0 spiro atoms. The van der Waals surface area contributed by atoms with Gasteiger partial charge in [0.15, 0.2) is 0 Å². The van der Waals surface area contributed by atoms with Gasteiger partial charge < -0.3 is 122 Å². The van der Waals surface area contributed by atoms with E-state index in [1.807, 2.05) is 0 Å². The van der Waals surface area contributed by atoms with Crippen molar-refractivity contribution in [2.24, 2.45) is 32.5 Å². The van der Waals surface area contributed by atoms with E-state index in [0.29, 0.717) is 111 Å². The minimum absolute atomic E-state index is 0. The van der Waals surface area contributed by atoms with Crippen LogP contribution in [0.15, 0.2) is 87.5 Å². The number of unbranched alkanes of at least 4 members (excludes halogenated alkanes) is 8. The van der Waals surface area contributed by atoms with E-state index in [4.69, 9.17) is 118 Å². The molecular weight excluding hydrogens is 1950 g/mol. The fraction of sp³-hybridized carbons (Fsp3) is 0.775. The monoisotopic (exact) mass is 2130 g/mol. The third kappa shape index (κ3) is 73.2. The summed E-state index contributed by atoms with van der Waals surface area (Å²) >= 11 is 8.69. The minimum Gasteiger partial charge on any atom is -0.870 e. The molecule has 6 heterocycles. The quantitative estimate of drug-likeness (QED) is 0.00556. The lowest BCUT2D eigenvalue weighted by Crippen LogP contribution is -2.38. The molecule has 0 aromatic heterocycles. The highest BCUT2D eigenvalue weighted by atomic mass is 79.9. The van der Waals surface area contributed by atoms with Crippen molar-refractivity contribution < 1.29 is 166 Å². The van der Waals surface area contributed by atoms with Crippen LogP contribution in [0.4, 0.5) is 0 Å². The topological polar surface area (TPSA) is 508 Å². The molecule has 10 N–H and O–H groups in total. The number of aliphatic hydroxyl groups is 2. The van der Waals surface area contributed by atoms with E-state index < -0.39 is 102 Å². The zero-order valence-corrected chi connectivity index (χ0v) is 91.2. The molecule has 1 aromatic rings. The summed E-state index contributed by atoms with van der Waals surface area (Å²) in [6.45, 7) is 54.0. The third-order valence-electron chi connectivity index (χ3n) is 22.3. The largest absolute Gasteiger partial charge is 0.870 e. The molecule has 6 aliphatic rings. The smallest absolute Gasteiger partial charge is 0.372 e. The molecule has 0 aliphatic carbocycles. The number of carbonyl (C=O) groups excluding carboxylic acids is 1. The van der Waals surface area contributed by atoms with Crippen LogP contribution in [0.25, 0.3) is 0 Å². The highest BCUT2D eigenvalue weighted by Crippen LogP contribution is 2.62. The average molecular weight is 2130 g/mol. The Morgan fingerprint density at radius 3 is 0.657 bits per heavy atom. The Morgan fingerprint density at radius 2 is 0.536 bits per heavy atom. The van der Waals surface area contributed by atoms with Crippen molar-refractivity contribution >= 4 is 83.8 Å². The Labute approximate surface area is 851 Å². The standard InChI is InChI=1S/2C16H36P.3C11H18O6.2C11H18O4.C7H5ClO3.C5H10O4.C3H5Br.H2O/c2*1-5-9-13-17(14-10-6-2,15-11-7-3)16-12-8-4;3*1-11(10(12)13,6-14-2-8-4-16-8)7-15-3-9-5-17-9;2*1-4-6-14-8-11(3,10(12)13)9-15-7-5-2;8-6-3-1-2-5(4-6)7(9)11-10;1-5(2-6,3-7)4(8)9;1-2-3-4;/h2*5-16H2,1-4H3;3*8-9H,2-7H2,1H3,(H,12,13);2*4-5H,1-2,6-9H2,3H3,(H,12,13);1-4,10H;6-7H,2-3H2,1H3,(H,8,9);2H,1,3H2;1H2/q2*+1;;;;;;;;;/p-1. The van der Waals surface area contributed by atoms with Crippen molar-refractivity contribution in [2.45, 2.75) is 236 Å². The van der Waals surface area contributed by atoms with E-state index in [9.17, 15) is 48.9 Å². The molecule has 818 valence electrons. The van der Waals surface area contributed by atoms with Gasteiger partial charge in [-0.1, -0.05) is 171 Å². The molecule has 0 radical (unpaired) electrons. The van der Waals surface area contributed by atoms with Crippen molar-refractivity contribution in [2.75, 3.05) is 240 Å². The minimum atomic E-state index is -1.39. The number of aliphatic hydroxyl groups excluding tert-OH is 2. The third-order valence-corrected chi connectivity index (χ3v) is 33.1. The molecule has 6 fully saturated rings. The maximum absolute atomic E-state index is 11.2. The summed E-state index contributed by atoms with van der Waals surface area (Å²) in [5.74, 6) is -6.60. The van der Waals surface area contributed by atoms with Crippen LogP contribution in [0.2, 0.25) is 5.02 Å². The number of aliphatic carboxylic acids is 6. The molecule has 0 bridgehead atoms. The predicted molar refractivity (Wildman–Crippen MR) is 554 cm³/mol. The van der Waals surface area contributed by atoms with Crippen molar-refractivity contribution in [3.05, 3.63) is 98.1 Å². The molecule has 6 atom stereocenters. The van der Waals surface area contributed by atoms with Gasteiger partial charge in [-0.05, 0) is 111 Å². The van der Waals surface area contributed by atoms with Crippen LogP contribution in [-0.4, -0.2) is 370 Å². The molecule has 34 nitrogen and oxygen atoms in total. The average Bonchev–Trinajstić information content (AvgIpc) is 1.72. The van der Waals surface area contributed by atoms with Crippen molar-refractivity contribution in [3.8, 4) is 0 Å². The number of hydrogen-bond donors (Lipinski definition) is 9. The van der Waals surface area contributed by atoms with Gasteiger partial charge in [0.1, 0.15) is 69.1 Å². The van der Waals surface area contributed by atoms with E-state index in [2.05, 4.69) is 109 Å². The Bertz CT molecular complexity index is 3000. The Balaban J connectivity index is -0.000000742. The Kier molecular flexibility index (Phi) is 85.8. The Morgan fingerprint density at radius 1 is 0.357 bits per heavy atom. The maximum Gasteiger partial charge on any atom is 0.372 e. The van der Waals surface area contributed by atoms with Gasteiger partial charge in [-0.3, -0.25) is 33.7 Å². The molecule has 6 saturated heterocycles. The van der Waals surface area contributed by atoms with Crippen molar-refractivity contribution in [1.29, 1.82) is 0 Å². The lowest BCUT2D eigenvalue weighted by molar-refractivity contribution is -0.182. The lowest BCUT2D eigenvalue weighted by atomic mass is 9.93. The number of carboxylic acid groups (broad SMARTS) is 6. The molecule has 0 saturated carbocycles. The SMILES string of the molecule is C=CCBr.C=CCOCC(C)(COCC=C)C(=O)O.C=CCOCC(C)(COCC=C)C(=O)O.CC(CO)(CO)C(=O)O.CC(COCC1CO1)(COCC1CO1)C(=O)O.CC(COCC1CO1)(COCC1CO1)C(=O)O.CC(COCC1CO1)(COCC1CO1)C(=O)O.CCCC[P+](CCCC)(CCCC)CCCC.CCCC[P+](CCCC)(CCCC)CCCC.O=C(OO)c1cccc(Cl)c1.[OH-]. The van der Waals surface area contributed by atoms with Gasteiger partial charge in [0.25, 0.3) is 0 Å². The van der Waals surface area contributed by atoms with Crippen LogP contribution >= 0.6 is 42.1 Å². The number of carbonyl (C=O) groups is 7. The first-order chi connectivity index (χ1) is 66.1. The summed E-state index contributed by atoms with van der Waals surface area (Å²) in [4.78, 5) is 79.8. The first kappa shape index (κ1) is 141. The predicted octanol–water partition coefficient (Wildman–Crippen LogP) is 17.5. The number of ether oxygens (including phenoxy) is 16. The number of benzene rings is 1. The molecule has 6 aliphatic heterocycles. The number of allylic oxidation sites excluding steroid dienone is 1. The fourth-order valence-corrected chi connectivity index (χ4v) is 22.7. The second-order valence-corrected chi connectivity index (χ2v) is 47.2.